The lowest BCUT2D eigenvalue weighted by atomic mass is 10.2. The smallest absolute Gasteiger partial charge is 0.254 e. The summed E-state index contributed by atoms with van der Waals surface area (Å²) in [6.45, 7) is 7.86. The average molecular weight is 463 g/mol. The van der Waals surface area contributed by atoms with Gasteiger partial charge in [-0.1, -0.05) is 23.9 Å². The number of hydrogen-bond donors (Lipinski definition) is 2. The molecule has 0 aliphatic heterocycles. The maximum atomic E-state index is 13.9. The van der Waals surface area contributed by atoms with Gasteiger partial charge in [0, 0.05) is 11.9 Å². The van der Waals surface area contributed by atoms with E-state index in [0.717, 1.165) is 5.69 Å². The third kappa shape index (κ3) is 5.47. The van der Waals surface area contributed by atoms with Crippen LogP contribution in [0.4, 0.5) is 9.52 Å². The molecule has 2 unspecified atom stereocenters. The van der Waals surface area contributed by atoms with Crippen LogP contribution in [0.15, 0.2) is 34.8 Å². The Labute approximate surface area is 187 Å². The second-order valence-corrected chi connectivity index (χ2v) is 8.97. The maximum Gasteiger partial charge on any atom is 0.254 e. The number of benzene rings is 1. The van der Waals surface area contributed by atoms with E-state index < -0.39 is 23.0 Å². The number of amides is 2. The third-order valence-corrected chi connectivity index (χ3v) is 6.37. The molecule has 0 saturated carbocycles. The highest BCUT2D eigenvalue weighted by Gasteiger charge is 2.24. The molecular weight excluding hydrogens is 439 g/mol. The van der Waals surface area contributed by atoms with Gasteiger partial charge in [-0.2, -0.15) is 0 Å². The zero-order chi connectivity index (χ0) is 22.5. The summed E-state index contributed by atoms with van der Waals surface area (Å²) in [6, 6.07) is 5.29. The highest BCUT2D eigenvalue weighted by Crippen LogP contribution is 2.26. The molecule has 2 aromatic heterocycles. The zero-order valence-electron chi connectivity index (χ0n) is 17.5. The number of hydrogen-bond acceptors (Lipinski definition) is 7. The van der Waals surface area contributed by atoms with E-state index in [1.54, 1.807) is 19.9 Å². The molecule has 2 amide bonds. The molecule has 31 heavy (non-hydrogen) atoms. The number of anilines is 1. The molecule has 3 aromatic rings. The van der Waals surface area contributed by atoms with Gasteiger partial charge in [0.1, 0.15) is 5.82 Å². The second kappa shape index (κ2) is 10.0. The van der Waals surface area contributed by atoms with E-state index in [1.807, 2.05) is 23.8 Å². The highest BCUT2D eigenvalue weighted by molar-refractivity contribution is 8.00. The number of carbonyl (C=O) groups excluding carboxylic acids is 2. The molecule has 0 fully saturated rings. The van der Waals surface area contributed by atoms with E-state index in [2.05, 4.69) is 25.8 Å². The fourth-order valence-electron chi connectivity index (χ4n) is 2.82. The van der Waals surface area contributed by atoms with Crippen LogP contribution >= 0.6 is 23.1 Å². The molecule has 0 saturated heterocycles. The average Bonchev–Trinajstić information content (AvgIpc) is 3.33. The molecular formula is C20H23FN6O2S2. The van der Waals surface area contributed by atoms with Crippen molar-refractivity contribution in [1.82, 2.24) is 25.1 Å². The van der Waals surface area contributed by atoms with E-state index in [1.165, 1.54) is 41.3 Å². The van der Waals surface area contributed by atoms with Crippen molar-refractivity contribution in [2.75, 3.05) is 5.32 Å². The monoisotopic (exact) mass is 462 g/mol. The van der Waals surface area contributed by atoms with Crippen LogP contribution < -0.4 is 10.6 Å². The Morgan fingerprint density at radius 2 is 2.00 bits per heavy atom. The predicted octanol–water partition coefficient (Wildman–Crippen LogP) is 3.81. The Morgan fingerprint density at radius 1 is 1.26 bits per heavy atom. The number of thiazole rings is 1. The first-order valence-electron chi connectivity index (χ1n) is 9.68. The van der Waals surface area contributed by atoms with Gasteiger partial charge in [-0.05, 0) is 39.8 Å². The molecule has 0 radical (unpaired) electrons. The van der Waals surface area contributed by atoms with Crippen molar-refractivity contribution >= 4 is 40.0 Å². The molecule has 3 rings (SSSR count). The fraction of sp³-hybridized carbons (Fsp3) is 0.350. The summed E-state index contributed by atoms with van der Waals surface area (Å²) in [5.41, 5.74) is 0.816. The van der Waals surface area contributed by atoms with E-state index in [0.29, 0.717) is 22.7 Å². The van der Waals surface area contributed by atoms with Crippen molar-refractivity contribution in [2.24, 2.45) is 0 Å². The van der Waals surface area contributed by atoms with Gasteiger partial charge in [-0.3, -0.25) is 9.59 Å². The normalized spacial score (nSPS) is 12.9. The standard InChI is InChI=1S/C20H23FN6O2S2/c1-5-27-16(12(3)23-18(29)14-8-6-7-9-15(14)21)25-26-20(27)31-13(4)17(28)24-19-22-11(2)10-30-19/h6-10,12-13H,5H2,1-4H3,(H,23,29)(H,22,24,28). The Bertz CT molecular complexity index is 1080. The first kappa shape index (κ1) is 22.9. The summed E-state index contributed by atoms with van der Waals surface area (Å²) >= 11 is 2.64. The van der Waals surface area contributed by atoms with E-state index in [4.69, 9.17) is 0 Å². The molecule has 0 bridgehead atoms. The van der Waals surface area contributed by atoms with Crippen molar-refractivity contribution in [3.63, 3.8) is 0 Å². The molecule has 1 aromatic carbocycles. The summed E-state index contributed by atoms with van der Waals surface area (Å²) in [5, 5.41) is 16.5. The Kier molecular flexibility index (Phi) is 7.39. The molecule has 8 nitrogen and oxygen atoms in total. The number of thioether (sulfide) groups is 1. The van der Waals surface area contributed by atoms with Gasteiger partial charge in [0.25, 0.3) is 5.91 Å². The Balaban J connectivity index is 1.68. The minimum absolute atomic E-state index is 0.0331. The molecule has 11 heteroatoms. The third-order valence-electron chi connectivity index (χ3n) is 4.42. The van der Waals surface area contributed by atoms with Gasteiger partial charge in [-0.25, -0.2) is 9.37 Å². The predicted molar refractivity (Wildman–Crippen MR) is 119 cm³/mol. The van der Waals surface area contributed by atoms with Crippen LogP contribution in [0.25, 0.3) is 0 Å². The van der Waals surface area contributed by atoms with Crippen LogP contribution in [0.2, 0.25) is 0 Å². The molecule has 0 aliphatic rings. The van der Waals surface area contributed by atoms with Crippen LogP contribution in [-0.4, -0.2) is 36.8 Å². The van der Waals surface area contributed by atoms with Crippen LogP contribution in [-0.2, 0) is 11.3 Å². The quantitative estimate of drug-likeness (QED) is 0.494. The lowest BCUT2D eigenvalue weighted by molar-refractivity contribution is -0.115. The molecule has 2 atom stereocenters. The van der Waals surface area contributed by atoms with Crippen LogP contribution in [0.5, 0.6) is 0 Å². The number of rotatable bonds is 8. The molecule has 0 aliphatic carbocycles. The second-order valence-electron chi connectivity index (χ2n) is 6.80. The first-order valence-corrected chi connectivity index (χ1v) is 11.4. The summed E-state index contributed by atoms with van der Waals surface area (Å²) in [7, 11) is 0. The van der Waals surface area contributed by atoms with Crippen molar-refractivity contribution in [3.8, 4) is 0 Å². The van der Waals surface area contributed by atoms with Gasteiger partial charge in [0.15, 0.2) is 16.1 Å². The van der Waals surface area contributed by atoms with Crippen LogP contribution in [0.1, 0.15) is 48.7 Å². The van der Waals surface area contributed by atoms with Gasteiger partial charge in [0.2, 0.25) is 5.91 Å². The first-order chi connectivity index (χ1) is 14.8. The summed E-state index contributed by atoms with van der Waals surface area (Å²) in [5.74, 6) is -0.780. The lowest BCUT2D eigenvalue weighted by Crippen LogP contribution is -2.29. The summed E-state index contributed by atoms with van der Waals surface area (Å²) in [4.78, 5) is 29.1. The Morgan fingerprint density at radius 3 is 2.65 bits per heavy atom. The molecule has 2 heterocycles. The van der Waals surface area contributed by atoms with E-state index in [-0.39, 0.29) is 11.5 Å². The largest absolute Gasteiger partial charge is 0.342 e. The van der Waals surface area contributed by atoms with E-state index >= 15 is 0 Å². The number of halogens is 1. The minimum Gasteiger partial charge on any atom is -0.342 e. The van der Waals surface area contributed by atoms with Crippen molar-refractivity contribution in [3.05, 3.63) is 52.5 Å². The molecule has 0 spiro atoms. The zero-order valence-corrected chi connectivity index (χ0v) is 19.2. The van der Waals surface area contributed by atoms with Gasteiger partial charge in [0.05, 0.1) is 22.5 Å². The topological polar surface area (TPSA) is 102 Å². The maximum absolute atomic E-state index is 13.9. The van der Waals surface area contributed by atoms with Crippen LogP contribution in [0, 0.1) is 12.7 Å². The SMILES string of the molecule is CCn1c(SC(C)C(=O)Nc2nc(C)cs2)nnc1C(C)NC(=O)c1ccccc1F. The summed E-state index contributed by atoms with van der Waals surface area (Å²) in [6.07, 6.45) is 0. The van der Waals surface area contributed by atoms with Crippen molar-refractivity contribution < 1.29 is 14.0 Å². The highest BCUT2D eigenvalue weighted by atomic mass is 32.2. The number of carbonyl (C=O) groups is 2. The number of nitrogens with zero attached hydrogens (tertiary/aromatic N) is 4. The van der Waals surface area contributed by atoms with Crippen molar-refractivity contribution in [2.45, 2.75) is 50.7 Å². The van der Waals surface area contributed by atoms with Gasteiger partial charge >= 0.3 is 0 Å². The van der Waals surface area contributed by atoms with E-state index in [9.17, 15) is 14.0 Å². The number of aromatic nitrogens is 4. The Hall–Kier alpha value is -2.79. The van der Waals surface area contributed by atoms with Crippen LogP contribution in [0.3, 0.4) is 0 Å². The molecule has 2 N–H and O–H groups in total. The number of nitrogens with one attached hydrogen (secondary N) is 2. The lowest BCUT2D eigenvalue weighted by Gasteiger charge is -2.16. The van der Waals surface area contributed by atoms with Gasteiger partial charge < -0.3 is 15.2 Å². The summed E-state index contributed by atoms with van der Waals surface area (Å²) < 4.78 is 15.7. The molecule has 164 valence electrons. The van der Waals surface area contributed by atoms with Crippen molar-refractivity contribution in [1.29, 1.82) is 0 Å². The minimum atomic E-state index is -0.587. The fourth-order valence-corrected chi connectivity index (χ4v) is 4.43. The number of aryl methyl sites for hydroxylation is 1. The van der Waals surface area contributed by atoms with Gasteiger partial charge in [-0.15, -0.1) is 21.5 Å².